The van der Waals surface area contributed by atoms with Crippen molar-refractivity contribution in [2.24, 2.45) is 35.5 Å². The molecule has 8 fully saturated rings. The largest absolute Gasteiger partial charge is 1.00 e. The molecule has 4 saturated heterocycles. The number of carbonyl (C=O) groups excluding carboxylic acids is 4. The van der Waals surface area contributed by atoms with E-state index in [2.05, 4.69) is 132 Å². The first kappa shape index (κ1) is 55.7. The molecule has 4 aliphatic carbocycles. The van der Waals surface area contributed by atoms with Crippen LogP contribution in [0.15, 0.2) is 132 Å². The van der Waals surface area contributed by atoms with Gasteiger partial charge in [-0.3, -0.25) is 19.2 Å². The zero-order valence-electron chi connectivity index (χ0n) is 39.3. The number of fused-ring (bicyclic) bond motifs is 4. The molecule has 14 rings (SSSR count). The van der Waals surface area contributed by atoms with E-state index in [0.29, 0.717) is 37.5 Å². The average molecular weight is 1130 g/mol. The van der Waals surface area contributed by atoms with Crippen LogP contribution in [-0.2, 0) is 58.4 Å². The van der Waals surface area contributed by atoms with Gasteiger partial charge < -0.3 is 45.0 Å². The van der Waals surface area contributed by atoms with Crippen LogP contribution in [0.5, 0.6) is 0 Å². The van der Waals surface area contributed by atoms with Crippen LogP contribution in [0.2, 0.25) is 0 Å². The third-order valence-electron chi connectivity index (χ3n) is 13.9. The first-order chi connectivity index (χ1) is 33.5. The summed E-state index contributed by atoms with van der Waals surface area (Å²) in [4.78, 5) is 49.4. The van der Waals surface area contributed by atoms with Gasteiger partial charge in [-0.15, -0.1) is 0 Å². The van der Waals surface area contributed by atoms with Gasteiger partial charge in [0.25, 0.3) is 0 Å². The minimum Gasteiger partial charge on any atom is -1.00 e. The summed E-state index contributed by atoms with van der Waals surface area (Å²) in [6, 6.07) is 43.1. The molecule has 4 saturated carbocycles. The molecule has 8 bridgehead atoms. The van der Waals surface area contributed by atoms with Crippen molar-refractivity contribution >= 4 is 85.2 Å². The van der Waals surface area contributed by atoms with Crippen LogP contribution in [0.25, 0.3) is 30.0 Å². The van der Waals surface area contributed by atoms with E-state index in [4.69, 9.17) is 18.9 Å². The zero-order valence-corrected chi connectivity index (χ0v) is 46.1. The summed E-state index contributed by atoms with van der Waals surface area (Å²) in [5.41, 5.74) is 0. The van der Waals surface area contributed by atoms with Gasteiger partial charge in [0.15, 0.2) is 19.2 Å². The normalized spacial score (nSPS) is 26.8. The van der Waals surface area contributed by atoms with E-state index >= 15 is 0 Å². The maximum absolute atomic E-state index is 11.8. The van der Waals surface area contributed by atoms with Crippen molar-refractivity contribution in [1.29, 1.82) is 0 Å². The second-order valence-electron chi connectivity index (χ2n) is 18.8. The smallest absolute Gasteiger partial charge is 1.00 e. The number of rotatable bonds is 8. The number of esters is 4. The van der Waals surface area contributed by atoms with Crippen LogP contribution in [0, 0.1) is 35.5 Å². The summed E-state index contributed by atoms with van der Waals surface area (Å²) in [5.74, 6) is -4.44. The maximum atomic E-state index is 11.8. The van der Waals surface area contributed by atoms with Crippen molar-refractivity contribution in [3.8, 4) is 9.79 Å². The Labute approximate surface area is 456 Å². The number of carbonyl (C=O) groups is 4. The standard InChI is InChI=1S/2C14H11S.2C12H16O7S.BrH.Na/c2*1-2-7-13(8-3-1)15-11-10-12-6-4-5-9-14(12)15;2*13-10(5-20(15,16)17)19-11-7-1-6-2-8(4-7)12(14)18-9(11)3-6;;/h2*1-11H;2*6-9,11H,1-5H2,(H,15,16,17);1H;/q2*+1;;;;+1/p-3. The summed E-state index contributed by atoms with van der Waals surface area (Å²) >= 11 is 0. The number of thiophene rings is 2. The minimum atomic E-state index is -4.65. The van der Waals surface area contributed by atoms with Gasteiger partial charge in [0.05, 0.1) is 11.8 Å². The molecule has 6 heterocycles. The van der Waals surface area contributed by atoms with Gasteiger partial charge in [0, 0.05) is 55.7 Å². The predicted octanol–water partition coefficient (Wildman–Crippen LogP) is 2.77. The van der Waals surface area contributed by atoms with Crippen LogP contribution in [0.3, 0.4) is 0 Å². The third-order valence-corrected chi connectivity index (χ3v) is 19.1. The van der Waals surface area contributed by atoms with Gasteiger partial charge in [-0.05, 0) is 112 Å². The third kappa shape index (κ3) is 13.8. The molecule has 0 radical (unpaired) electrons. The molecule has 0 N–H and O–H groups in total. The van der Waals surface area contributed by atoms with E-state index in [1.807, 2.05) is 0 Å². The molecule has 2 aromatic heterocycles. The molecule has 0 spiro atoms. The quantitative estimate of drug-likeness (QED) is 0.0704. The van der Waals surface area contributed by atoms with Gasteiger partial charge >= 0.3 is 53.4 Å². The number of benzene rings is 4. The van der Waals surface area contributed by atoms with Crippen molar-refractivity contribution in [3.63, 3.8) is 0 Å². The van der Waals surface area contributed by atoms with Crippen molar-refractivity contribution in [2.45, 2.75) is 75.8 Å². The van der Waals surface area contributed by atoms with E-state index in [1.54, 1.807) is 0 Å². The first-order valence-electron chi connectivity index (χ1n) is 23.3. The predicted molar refractivity (Wildman–Crippen MR) is 262 cm³/mol. The average Bonchev–Trinajstić information content (AvgIpc) is 3.88. The topological polar surface area (TPSA) is 220 Å². The molecule has 0 amide bonds. The van der Waals surface area contributed by atoms with Crippen LogP contribution in [0.4, 0.5) is 0 Å². The first-order valence-corrected chi connectivity index (χ1v) is 29.0. The molecule has 4 aromatic carbocycles. The van der Waals surface area contributed by atoms with Crippen LogP contribution < -0.4 is 46.5 Å². The van der Waals surface area contributed by atoms with E-state index < -0.39 is 68.1 Å². The van der Waals surface area contributed by atoms with E-state index in [1.165, 1.54) is 30.0 Å². The second-order valence-corrected chi connectivity index (χ2v) is 25.3. The molecule has 8 aliphatic rings. The Morgan fingerprint density at radius 3 is 1.25 bits per heavy atom. The second kappa shape index (κ2) is 24.1. The molecule has 14 nitrogen and oxygen atoms in total. The van der Waals surface area contributed by atoms with E-state index in [-0.39, 0.29) is 103 Å². The Kier molecular flexibility index (Phi) is 18.7. The summed E-state index contributed by atoms with van der Waals surface area (Å²) in [5, 5.41) is 7.34. The molecule has 12 atom stereocenters. The van der Waals surface area contributed by atoms with E-state index in [9.17, 15) is 45.1 Å². The maximum Gasteiger partial charge on any atom is 1.00 e. The number of hydrogen-bond donors (Lipinski definition) is 0. The fraction of sp³-hybridized carbons (Fsp3) is 0.385. The van der Waals surface area contributed by atoms with Crippen molar-refractivity contribution in [3.05, 3.63) is 132 Å². The van der Waals surface area contributed by atoms with Gasteiger partial charge in [0.1, 0.15) is 66.9 Å². The number of ether oxygens (including phenoxy) is 4. The fourth-order valence-electron chi connectivity index (χ4n) is 11.1. The monoisotopic (exact) mass is 1130 g/mol. The van der Waals surface area contributed by atoms with Gasteiger partial charge in [0.2, 0.25) is 0 Å². The SMILES string of the molecule is O=C(CS(=O)(=O)[O-])OC1C2CC3CC(C2)C(=O)OC1C3.O=C(CS(=O)(=O)[O-])OC1C2CC3CC(C2)C(=O)OC1C3.[Br-].[Na+].c1ccc(-[s+]2ccc3ccccc32)cc1.c1ccc(-[s+]2ccc3ccccc32)cc1. The fourth-order valence-corrected chi connectivity index (χ4v) is 15.7. The summed E-state index contributed by atoms with van der Waals surface area (Å²) < 4.78 is 87.2. The van der Waals surface area contributed by atoms with E-state index in [0.717, 1.165) is 25.7 Å². The summed E-state index contributed by atoms with van der Waals surface area (Å²) in [7, 11) is -9.00. The van der Waals surface area contributed by atoms with Crippen molar-refractivity contribution < 1.29 is 111 Å². The molecule has 376 valence electrons. The summed E-state index contributed by atoms with van der Waals surface area (Å²) in [6.07, 6.45) is 3.60. The van der Waals surface area contributed by atoms with Crippen LogP contribution in [0.1, 0.15) is 51.4 Å². The molecular formula is C52H52BrNaO14S4. The number of halogens is 1. The zero-order chi connectivity index (χ0) is 49.2. The van der Waals surface area contributed by atoms with Crippen molar-refractivity contribution in [2.75, 3.05) is 11.5 Å². The molecule has 72 heavy (non-hydrogen) atoms. The van der Waals surface area contributed by atoms with Crippen LogP contribution >= 0.6 is 20.9 Å². The number of hydrogen-bond acceptors (Lipinski definition) is 14. The molecule has 20 heteroatoms. The Hall–Kier alpha value is -4.02. The molecule has 6 aromatic rings. The molecular weight excluding hydrogens is 1080 g/mol. The molecule has 4 aliphatic heterocycles. The van der Waals surface area contributed by atoms with Gasteiger partial charge in [-0.25, -0.2) is 16.8 Å². The van der Waals surface area contributed by atoms with Gasteiger partial charge in [-0.1, -0.05) is 60.7 Å². The van der Waals surface area contributed by atoms with Gasteiger partial charge in [-0.2, -0.15) is 0 Å². The Balaban J connectivity index is 0.000000141. The minimum absolute atomic E-state index is 0. The molecule has 12 unspecified atom stereocenters. The van der Waals surface area contributed by atoms with Crippen LogP contribution in [-0.4, -0.2) is 85.7 Å². The Morgan fingerprint density at radius 2 is 0.875 bits per heavy atom. The summed E-state index contributed by atoms with van der Waals surface area (Å²) in [6.45, 7) is 0. The van der Waals surface area contributed by atoms with Crippen molar-refractivity contribution in [1.82, 2.24) is 0 Å². The Bertz CT molecular complexity index is 2890. The Morgan fingerprint density at radius 1 is 0.514 bits per heavy atom.